The molecule has 0 spiro atoms. The highest BCUT2D eigenvalue weighted by molar-refractivity contribution is 5.86. The molecule has 4 rings (SSSR count). The highest BCUT2D eigenvalue weighted by atomic mass is 35.5. The molecule has 0 bridgehead atoms. The van der Waals surface area contributed by atoms with Gasteiger partial charge in [-0.3, -0.25) is 0 Å². The fourth-order valence-electron chi connectivity index (χ4n) is 3.91. The SMILES string of the molecule is Cc1nc(OCCCCN2CCCCC2)cc(-c2ccc3ccccc3c2)n1.Cl. The Kier molecular flexibility index (Phi) is 7.84. The maximum atomic E-state index is 5.96. The number of aryl methyl sites for hydroxylation is 1. The fourth-order valence-corrected chi connectivity index (χ4v) is 3.91. The van der Waals surface area contributed by atoms with Gasteiger partial charge in [0.15, 0.2) is 0 Å². The monoisotopic (exact) mass is 411 g/mol. The normalized spacial score (nSPS) is 14.5. The smallest absolute Gasteiger partial charge is 0.217 e. The summed E-state index contributed by atoms with van der Waals surface area (Å²) in [6, 6.07) is 16.8. The molecule has 154 valence electrons. The predicted molar refractivity (Wildman–Crippen MR) is 122 cm³/mol. The third-order valence-corrected chi connectivity index (χ3v) is 5.43. The van der Waals surface area contributed by atoms with Crippen molar-refractivity contribution in [3.63, 3.8) is 0 Å². The number of rotatable bonds is 7. The Balaban J connectivity index is 0.00000240. The molecule has 4 nitrogen and oxygen atoms in total. The van der Waals surface area contributed by atoms with Gasteiger partial charge in [-0.05, 0) is 69.1 Å². The second kappa shape index (κ2) is 10.6. The number of aromatic nitrogens is 2. The van der Waals surface area contributed by atoms with Crippen LogP contribution in [-0.4, -0.2) is 41.1 Å². The molecule has 1 saturated heterocycles. The van der Waals surface area contributed by atoms with E-state index in [1.165, 1.54) is 56.1 Å². The minimum absolute atomic E-state index is 0. The van der Waals surface area contributed by atoms with E-state index < -0.39 is 0 Å². The summed E-state index contributed by atoms with van der Waals surface area (Å²) in [5.41, 5.74) is 2.01. The first kappa shape index (κ1) is 21.5. The lowest BCUT2D eigenvalue weighted by Crippen LogP contribution is -2.30. The molecule has 2 heterocycles. The van der Waals surface area contributed by atoms with E-state index in [1.807, 2.05) is 13.0 Å². The fraction of sp³-hybridized carbons (Fsp3) is 0.417. The quantitative estimate of drug-likeness (QED) is 0.469. The summed E-state index contributed by atoms with van der Waals surface area (Å²) in [6.45, 7) is 6.35. The summed E-state index contributed by atoms with van der Waals surface area (Å²) >= 11 is 0. The van der Waals surface area contributed by atoms with Crippen molar-refractivity contribution in [1.82, 2.24) is 14.9 Å². The van der Waals surface area contributed by atoms with Crippen LogP contribution in [0.25, 0.3) is 22.0 Å². The van der Waals surface area contributed by atoms with Gasteiger partial charge in [0.25, 0.3) is 0 Å². The van der Waals surface area contributed by atoms with E-state index in [-0.39, 0.29) is 12.4 Å². The number of unbranched alkanes of at least 4 members (excludes halogenated alkanes) is 1. The molecule has 2 aromatic carbocycles. The van der Waals surface area contributed by atoms with E-state index in [2.05, 4.69) is 57.3 Å². The van der Waals surface area contributed by atoms with Crippen molar-refractivity contribution in [2.24, 2.45) is 0 Å². The highest BCUT2D eigenvalue weighted by Gasteiger charge is 2.10. The van der Waals surface area contributed by atoms with Crippen LogP contribution in [0.1, 0.15) is 37.9 Å². The summed E-state index contributed by atoms with van der Waals surface area (Å²) in [6.07, 6.45) is 6.35. The largest absolute Gasteiger partial charge is 0.478 e. The Morgan fingerprint density at radius 2 is 1.69 bits per heavy atom. The van der Waals surface area contributed by atoms with Crippen molar-refractivity contribution in [2.75, 3.05) is 26.2 Å². The molecule has 0 aliphatic carbocycles. The number of piperidine rings is 1. The second-order valence-corrected chi connectivity index (χ2v) is 7.66. The minimum Gasteiger partial charge on any atom is -0.478 e. The van der Waals surface area contributed by atoms with E-state index in [0.717, 1.165) is 23.5 Å². The number of likely N-dealkylation sites (tertiary alicyclic amines) is 1. The number of hydrogen-bond acceptors (Lipinski definition) is 4. The van der Waals surface area contributed by atoms with E-state index in [9.17, 15) is 0 Å². The van der Waals surface area contributed by atoms with E-state index in [0.29, 0.717) is 12.5 Å². The molecular weight excluding hydrogens is 382 g/mol. The van der Waals surface area contributed by atoms with Crippen molar-refractivity contribution >= 4 is 23.2 Å². The van der Waals surface area contributed by atoms with E-state index >= 15 is 0 Å². The van der Waals surface area contributed by atoms with Crippen LogP contribution in [-0.2, 0) is 0 Å². The number of ether oxygens (including phenoxy) is 1. The molecular formula is C24H30ClN3O. The maximum Gasteiger partial charge on any atom is 0.217 e. The zero-order chi connectivity index (χ0) is 19.2. The molecule has 0 saturated carbocycles. The van der Waals surface area contributed by atoms with Crippen molar-refractivity contribution in [3.05, 3.63) is 54.4 Å². The zero-order valence-corrected chi connectivity index (χ0v) is 18.0. The maximum absolute atomic E-state index is 5.96. The van der Waals surface area contributed by atoms with Gasteiger partial charge in [-0.25, -0.2) is 4.98 Å². The van der Waals surface area contributed by atoms with Crippen LogP contribution in [0.2, 0.25) is 0 Å². The molecule has 0 radical (unpaired) electrons. The summed E-state index contributed by atoms with van der Waals surface area (Å²) < 4.78 is 5.96. The molecule has 1 aliphatic rings. The third-order valence-electron chi connectivity index (χ3n) is 5.43. The highest BCUT2D eigenvalue weighted by Crippen LogP contribution is 2.25. The molecule has 1 aliphatic heterocycles. The lowest BCUT2D eigenvalue weighted by molar-refractivity contribution is 0.215. The summed E-state index contributed by atoms with van der Waals surface area (Å²) in [4.78, 5) is 11.7. The Morgan fingerprint density at radius 1 is 0.897 bits per heavy atom. The van der Waals surface area contributed by atoms with Crippen molar-refractivity contribution < 1.29 is 4.74 Å². The summed E-state index contributed by atoms with van der Waals surface area (Å²) in [5.74, 6) is 1.42. The Labute approximate surface area is 179 Å². The molecule has 0 unspecified atom stereocenters. The molecule has 3 aromatic rings. The number of fused-ring (bicyclic) bond motifs is 1. The molecule has 1 fully saturated rings. The van der Waals surface area contributed by atoms with Crippen LogP contribution in [0.3, 0.4) is 0 Å². The Morgan fingerprint density at radius 3 is 2.52 bits per heavy atom. The third kappa shape index (κ3) is 5.91. The van der Waals surface area contributed by atoms with Crippen LogP contribution >= 0.6 is 12.4 Å². The Hall–Kier alpha value is -2.17. The van der Waals surface area contributed by atoms with Crippen LogP contribution < -0.4 is 4.74 Å². The van der Waals surface area contributed by atoms with Crippen LogP contribution in [0.4, 0.5) is 0 Å². The van der Waals surface area contributed by atoms with Crippen molar-refractivity contribution in [3.8, 4) is 17.1 Å². The van der Waals surface area contributed by atoms with Crippen LogP contribution in [0, 0.1) is 6.92 Å². The average molecular weight is 412 g/mol. The van der Waals surface area contributed by atoms with Gasteiger partial charge in [-0.1, -0.05) is 42.8 Å². The minimum atomic E-state index is 0. The van der Waals surface area contributed by atoms with Crippen molar-refractivity contribution in [2.45, 2.75) is 39.0 Å². The lowest BCUT2D eigenvalue weighted by Gasteiger charge is -2.26. The van der Waals surface area contributed by atoms with Gasteiger partial charge in [0.2, 0.25) is 5.88 Å². The average Bonchev–Trinajstić information content (AvgIpc) is 2.73. The lowest BCUT2D eigenvalue weighted by atomic mass is 10.0. The van der Waals surface area contributed by atoms with Gasteiger partial charge >= 0.3 is 0 Å². The van der Waals surface area contributed by atoms with Gasteiger partial charge in [0.05, 0.1) is 12.3 Å². The molecule has 5 heteroatoms. The number of benzene rings is 2. The Bertz CT molecular complexity index is 925. The summed E-state index contributed by atoms with van der Waals surface area (Å²) in [7, 11) is 0. The molecule has 0 N–H and O–H groups in total. The number of nitrogens with zero attached hydrogens (tertiary/aromatic N) is 3. The second-order valence-electron chi connectivity index (χ2n) is 7.66. The first-order valence-electron chi connectivity index (χ1n) is 10.5. The van der Waals surface area contributed by atoms with E-state index in [4.69, 9.17) is 4.74 Å². The predicted octanol–water partition coefficient (Wildman–Crippen LogP) is 5.67. The van der Waals surface area contributed by atoms with E-state index in [1.54, 1.807) is 0 Å². The topological polar surface area (TPSA) is 38.2 Å². The van der Waals surface area contributed by atoms with Gasteiger partial charge in [0, 0.05) is 11.6 Å². The first-order chi connectivity index (χ1) is 13.8. The standard InChI is InChI=1S/C24H29N3O.ClH/c1-19-25-23(22-12-11-20-9-3-4-10-21(20)17-22)18-24(26-19)28-16-8-7-15-27-13-5-2-6-14-27;/h3-4,9-12,17-18H,2,5-8,13-16H2,1H3;1H. The molecule has 1 aromatic heterocycles. The molecule has 29 heavy (non-hydrogen) atoms. The zero-order valence-electron chi connectivity index (χ0n) is 17.1. The number of halogens is 1. The van der Waals surface area contributed by atoms with Gasteiger partial charge < -0.3 is 9.64 Å². The molecule has 0 amide bonds. The van der Waals surface area contributed by atoms with Gasteiger partial charge in [0.1, 0.15) is 5.82 Å². The van der Waals surface area contributed by atoms with Gasteiger partial charge in [-0.2, -0.15) is 4.98 Å². The first-order valence-corrected chi connectivity index (χ1v) is 10.5. The van der Waals surface area contributed by atoms with Crippen LogP contribution in [0.15, 0.2) is 48.5 Å². The molecule has 0 atom stereocenters. The van der Waals surface area contributed by atoms with Crippen molar-refractivity contribution in [1.29, 1.82) is 0 Å². The van der Waals surface area contributed by atoms with Crippen LogP contribution in [0.5, 0.6) is 5.88 Å². The van der Waals surface area contributed by atoms with Gasteiger partial charge in [-0.15, -0.1) is 12.4 Å². The number of hydrogen-bond donors (Lipinski definition) is 0. The summed E-state index contributed by atoms with van der Waals surface area (Å²) in [5, 5.41) is 2.46.